The smallest absolute Gasteiger partial charge is 0.261 e. The van der Waals surface area contributed by atoms with Gasteiger partial charge < -0.3 is 15.0 Å². The minimum Gasteiger partial charge on any atom is -0.483 e. The van der Waals surface area contributed by atoms with Gasteiger partial charge >= 0.3 is 0 Å². The first-order valence-corrected chi connectivity index (χ1v) is 12.0. The molecule has 0 bridgehead atoms. The predicted octanol–water partition coefficient (Wildman–Crippen LogP) is 5.66. The molecule has 0 aromatic heterocycles. The third kappa shape index (κ3) is 7.65. The van der Waals surface area contributed by atoms with Crippen molar-refractivity contribution in [1.82, 2.24) is 10.2 Å². The van der Waals surface area contributed by atoms with E-state index in [9.17, 15) is 9.59 Å². The van der Waals surface area contributed by atoms with E-state index < -0.39 is 6.04 Å². The van der Waals surface area contributed by atoms with Crippen LogP contribution in [0.5, 0.6) is 5.75 Å². The lowest BCUT2D eigenvalue weighted by atomic mass is 10.0. The van der Waals surface area contributed by atoms with Crippen LogP contribution in [-0.4, -0.2) is 35.9 Å². The molecule has 0 saturated carbocycles. The van der Waals surface area contributed by atoms with Crippen LogP contribution in [0.3, 0.4) is 0 Å². The summed E-state index contributed by atoms with van der Waals surface area (Å²) in [6.07, 6.45) is 0.836. The van der Waals surface area contributed by atoms with Crippen LogP contribution in [0, 0.1) is 0 Å². The maximum Gasteiger partial charge on any atom is 0.261 e. The molecule has 2 rings (SSSR count). The van der Waals surface area contributed by atoms with Crippen molar-refractivity contribution in [2.45, 2.75) is 52.6 Å². The summed E-state index contributed by atoms with van der Waals surface area (Å²) in [7, 11) is 0. The topological polar surface area (TPSA) is 58.6 Å². The highest BCUT2D eigenvalue weighted by Gasteiger charge is 2.26. The Morgan fingerprint density at radius 2 is 1.74 bits per heavy atom. The van der Waals surface area contributed by atoms with Crippen molar-refractivity contribution in [1.29, 1.82) is 0 Å². The fraction of sp³-hybridized carbons (Fsp3) is 0.417. The van der Waals surface area contributed by atoms with Crippen molar-refractivity contribution < 1.29 is 14.3 Å². The molecule has 31 heavy (non-hydrogen) atoms. The lowest BCUT2D eigenvalue weighted by Crippen LogP contribution is -2.49. The Morgan fingerprint density at radius 1 is 1.06 bits per heavy atom. The number of nitrogens with zero attached hydrogens (tertiary/aromatic N) is 1. The number of nitrogens with one attached hydrogen (secondary N) is 1. The Balaban J connectivity index is 2.14. The first kappa shape index (κ1) is 25.4. The van der Waals surface area contributed by atoms with Crippen LogP contribution >= 0.6 is 31.9 Å². The first-order valence-electron chi connectivity index (χ1n) is 10.5. The van der Waals surface area contributed by atoms with Gasteiger partial charge in [0.05, 0.1) is 4.47 Å². The van der Waals surface area contributed by atoms with Crippen LogP contribution < -0.4 is 10.1 Å². The maximum atomic E-state index is 13.1. The van der Waals surface area contributed by atoms with E-state index in [2.05, 4.69) is 51.0 Å². The second kappa shape index (κ2) is 12.2. The van der Waals surface area contributed by atoms with Gasteiger partial charge in [0.1, 0.15) is 11.8 Å². The zero-order valence-electron chi connectivity index (χ0n) is 18.5. The first-order chi connectivity index (χ1) is 14.7. The molecule has 2 aromatic rings. The molecule has 168 valence electrons. The summed E-state index contributed by atoms with van der Waals surface area (Å²) in [4.78, 5) is 27.2. The molecule has 0 spiro atoms. The lowest BCUT2D eigenvalue weighted by Gasteiger charge is -2.29. The zero-order valence-corrected chi connectivity index (χ0v) is 21.6. The average molecular weight is 554 g/mol. The van der Waals surface area contributed by atoms with Crippen LogP contribution in [0.2, 0.25) is 0 Å². The van der Waals surface area contributed by atoms with E-state index in [0.29, 0.717) is 24.8 Å². The number of rotatable bonds is 10. The Labute approximate surface area is 201 Å². The largest absolute Gasteiger partial charge is 0.483 e. The van der Waals surface area contributed by atoms with Crippen LogP contribution in [0.25, 0.3) is 0 Å². The SMILES string of the molecule is CCCNC(=O)C(C)N(Cc1ccc(Br)cc1)C(=O)COc1ccc(C(C)C)cc1Br. The van der Waals surface area contributed by atoms with Crippen molar-refractivity contribution in [3.8, 4) is 5.75 Å². The van der Waals surface area contributed by atoms with Crippen LogP contribution in [-0.2, 0) is 16.1 Å². The molecule has 1 N–H and O–H groups in total. The second-order valence-electron chi connectivity index (χ2n) is 7.75. The minimum atomic E-state index is -0.613. The normalized spacial score (nSPS) is 11.8. The number of halogens is 2. The highest BCUT2D eigenvalue weighted by molar-refractivity contribution is 9.10. The van der Waals surface area contributed by atoms with Crippen LogP contribution in [0.1, 0.15) is 51.2 Å². The molecule has 5 nitrogen and oxygen atoms in total. The summed E-state index contributed by atoms with van der Waals surface area (Å²) in [6.45, 7) is 8.73. The molecule has 0 aliphatic heterocycles. The van der Waals surface area contributed by atoms with Crippen molar-refractivity contribution in [3.63, 3.8) is 0 Å². The van der Waals surface area contributed by atoms with Gasteiger partial charge in [0.25, 0.3) is 5.91 Å². The number of carbonyl (C=O) groups is 2. The summed E-state index contributed by atoms with van der Waals surface area (Å²) in [5.41, 5.74) is 2.12. The third-order valence-electron chi connectivity index (χ3n) is 4.96. The minimum absolute atomic E-state index is 0.151. The molecule has 2 aromatic carbocycles. The van der Waals surface area contributed by atoms with Gasteiger partial charge in [0.15, 0.2) is 6.61 Å². The van der Waals surface area contributed by atoms with Crippen molar-refractivity contribution >= 4 is 43.7 Å². The highest BCUT2D eigenvalue weighted by Crippen LogP contribution is 2.29. The van der Waals surface area contributed by atoms with Crippen molar-refractivity contribution in [2.75, 3.05) is 13.2 Å². The summed E-state index contributed by atoms with van der Waals surface area (Å²) in [6, 6.07) is 13.0. The van der Waals surface area contributed by atoms with Crippen molar-refractivity contribution in [3.05, 3.63) is 62.5 Å². The summed E-state index contributed by atoms with van der Waals surface area (Å²) in [5.74, 6) is 0.581. The van der Waals surface area contributed by atoms with Crippen LogP contribution in [0.4, 0.5) is 0 Å². The number of amides is 2. The standard InChI is InChI=1S/C24H30Br2N2O3/c1-5-12-27-24(30)17(4)28(14-18-6-9-20(25)10-7-18)23(29)15-31-22-11-8-19(16(2)3)13-21(22)26/h6-11,13,16-17H,5,12,14-15H2,1-4H3,(H,27,30). The molecule has 0 saturated heterocycles. The molecular weight excluding hydrogens is 524 g/mol. The number of hydrogen-bond acceptors (Lipinski definition) is 3. The fourth-order valence-electron chi connectivity index (χ4n) is 2.98. The van der Waals surface area contributed by atoms with Gasteiger partial charge in [-0.1, -0.05) is 54.9 Å². The number of carbonyl (C=O) groups excluding carboxylic acids is 2. The molecule has 1 atom stereocenters. The van der Waals surface area contributed by atoms with E-state index in [1.807, 2.05) is 49.4 Å². The summed E-state index contributed by atoms with van der Waals surface area (Å²) in [5, 5.41) is 2.87. The summed E-state index contributed by atoms with van der Waals surface area (Å²) < 4.78 is 7.57. The molecular formula is C24H30Br2N2O3. The predicted molar refractivity (Wildman–Crippen MR) is 131 cm³/mol. The van der Waals surface area contributed by atoms with E-state index in [0.717, 1.165) is 20.9 Å². The van der Waals surface area contributed by atoms with E-state index in [1.165, 1.54) is 5.56 Å². The molecule has 0 radical (unpaired) electrons. The third-order valence-corrected chi connectivity index (χ3v) is 6.10. The van der Waals surface area contributed by atoms with Gasteiger partial charge in [0.2, 0.25) is 5.91 Å². The maximum absolute atomic E-state index is 13.1. The van der Waals surface area contributed by atoms with Gasteiger partial charge in [-0.15, -0.1) is 0 Å². The van der Waals surface area contributed by atoms with Crippen molar-refractivity contribution in [2.24, 2.45) is 0 Å². The van der Waals surface area contributed by atoms with E-state index in [-0.39, 0.29) is 18.4 Å². The van der Waals surface area contributed by atoms with E-state index in [4.69, 9.17) is 4.74 Å². The van der Waals surface area contributed by atoms with Gasteiger partial charge in [-0.3, -0.25) is 9.59 Å². The lowest BCUT2D eigenvalue weighted by molar-refractivity contribution is -0.142. The van der Waals surface area contributed by atoms with Gasteiger partial charge in [-0.25, -0.2) is 0 Å². The van der Waals surface area contributed by atoms with Gasteiger partial charge in [-0.05, 0) is 70.6 Å². The Kier molecular flexibility index (Phi) is 10.0. The molecule has 1 unspecified atom stereocenters. The number of hydrogen-bond donors (Lipinski definition) is 1. The average Bonchev–Trinajstić information content (AvgIpc) is 2.75. The zero-order chi connectivity index (χ0) is 23.0. The summed E-state index contributed by atoms with van der Waals surface area (Å²) >= 11 is 6.95. The fourth-order valence-corrected chi connectivity index (χ4v) is 3.76. The molecule has 2 amide bonds. The Hall–Kier alpha value is -1.86. The molecule has 0 aliphatic rings. The number of benzene rings is 2. The second-order valence-corrected chi connectivity index (χ2v) is 9.52. The van der Waals surface area contributed by atoms with Crippen LogP contribution in [0.15, 0.2) is 51.4 Å². The van der Waals surface area contributed by atoms with Gasteiger partial charge in [0, 0.05) is 17.6 Å². The number of ether oxygens (including phenoxy) is 1. The Morgan fingerprint density at radius 3 is 2.32 bits per heavy atom. The molecule has 7 heteroatoms. The quantitative estimate of drug-likeness (QED) is 0.413. The van der Waals surface area contributed by atoms with E-state index in [1.54, 1.807) is 11.8 Å². The monoisotopic (exact) mass is 552 g/mol. The Bertz CT molecular complexity index is 885. The molecule has 0 fully saturated rings. The highest BCUT2D eigenvalue weighted by atomic mass is 79.9. The molecule has 0 heterocycles. The van der Waals surface area contributed by atoms with Gasteiger partial charge in [-0.2, -0.15) is 0 Å². The van der Waals surface area contributed by atoms with E-state index >= 15 is 0 Å². The molecule has 0 aliphatic carbocycles.